The Morgan fingerprint density at radius 1 is 1.00 bits per heavy atom. The summed E-state index contributed by atoms with van der Waals surface area (Å²) in [5.41, 5.74) is 1.45. The second-order valence-corrected chi connectivity index (χ2v) is 9.23. The fourth-order valence-electron chi connectivity index (χ4n) is 3.38. The van der Waals surface area contributed by atoms with Crippen molar-refractivity contribution in [2.24, 2.45) is 0 Å². The predicted molar refractivity (Wildman–Crippen MR) is 113 cm³/mol. The van der Waals surface area contributed by atoms with Crippen LogP contribution < -0.4 is 5.56 Å². The number of aryl methyl sites for hydroxylation is 1. The molecule has 0 aliphatic rings. The van der Waals surface area contributed by atoms with E-state index in [0.29, 0.717) is 27.8 Å². The number of alkyl halides is 3. The van der Waals surface area contributed by atoms with Crippen molar-refractivity contribution >= 4 is 9.84 Å². The number of benzene rings is 2. The Morgan fingerprint density at radius 2 is 1.65 bits per heavy atom. The summed E-state index contributed by atoms with van der Waals surface area (Å²) in [5.74, 6) is 0. The third-order valence-electron chi connectivity index (χ3n) is 4.77. The summed E-state index contributed by atoms with van der Waals surface area (Å²) in [4.78, 5) is 13.2. The highest BCUT2D eigenvalue weighted by atomic mass is 32.2. The van der Waals surface area contributed by atoms with Gasteiger partial charge < -0.3 is 0 Å². The molecule has 0 N–H and O–H groups in total. The van der Waals surface area contributed by atoms with Gasteiger partial charge in [-0.15, -0.1) is 0 Å². The molecule has 2 aromatic carbocycles. The second kappa shape index (κ2) is 8.66. The highest BCUT2D eigenvalue weighted by molar-refractivity contribution is 7.90. The summed E-state index contributed by atoms with van der Waals surface area (Å²) in [6.45, 7) is 0.470. The molecule has 1 heterocycles. The van der Waals surface area contributed by atoms with Gasteiger partial charge in [-0.05, 0) is 35.2 Å². The molecule has 0 aliphatic carbocycles. The molecule has 3 aromatic rings. The molecule has 0 radical (unpaired) electrons. The Balaban J connectivity index is 2.28. The van der Waals surface area contributed by atoms with Gasteiger partial charge in [0.25, 0.3) is 5.56 Å². The molecule has 1 aromatic heterocycles. The van der Waals surface area contributed by atoms with Gasteiger partial charge >= 0.3 is 6.18 Å². The summed E-state index contributed by atoms with van der Waals surface area (Å²) >= 11 is 0. The zero-order chi connectivity index (χ0) is 22.8. The van der Waals surface area contributed by atoms with Crippen molar-refractivity contribution in [3.63, 3.8) is 0 Å². The van der Waals surface area contributed by atoms with Crippen LogP contribution in [0.4, 0.5) is 13.2 Å². The molecule has 0 atom stereocenters. The molecule has 0 fully saturated rings. The van der Waals surface area contributed by atoms with Crippen molar-refractivity contribution in [1.82, 2.24) is 9.78 Å². The van der Waals surface area contributed by atoms with Crippen molar-refractivity contribution in [1.29, 1.82) is 0 Å². The number of sulfone groups is 1. The topological polar surface area (TPSA) is 69.0 Å². The molecule has 0 bridgehead atoms. The average Bonchev–Trinajstić information content (AvgIpc) is 2.69. The van der Waals surface area contributed by atoms with E-state index < -0.39 is 28.1 Å². The SMILES string of the molecule is CCCc1ccccc1-c1c(-c2ccc(S(C)(=O)=O)cc2)cnn(CC(F)(F)F)c1=O. The van der Waals surface area contributed by atoms with Crippen LogP contribution in [-0.2, 0) is 22.8 Å². The Hall–Kier alpha value is -2.94. The lowest BCUT2D eigenvalue weighted by Gasteiger charge is -2.16. The van der Waals surface area contributed by atoms with E-state index in [2.05, 4.69) is 5.10 Å². The van der Waals surface area contributed by atoms with Crippen molar-refractivity contribution in [2.45, 2.75) is 37.4 Å². The standard InChI is InChI=1S/C22H21F3N2O3S/c1-3-6-15-7-4-5-8-18(15)20-19(13-26-27(21(20)28)14-22(23,24)25)16-9-11-17(12-10-16)31(2,29)30/h4-5,7-13H,3,6,14H2,1-2H3. The summed E-state index contributed by atoms with van der Waals surface area (Å²) < 4.78 is 62.8. The largest absolute Gasteiger partial charge is 0.408 e. The first kappa shape index (κ1) is 22.7. The highest BCUT2D eigenvalue weighted by Crippen LogP contribution is 2.32. The summed E-state index contributed by atoms with van der Waals surface area (Å²) in [5, 5.41) is 3.74. The number of rotatable bonds is 6. The van der Waals surface area contributed by atoms with Crippen LogP contribution in [0.2, 0.25) is 0 Å². The van der Waals surface area contributed by atoms with Crippen molar-refractivity contribution in [3.8, 4) is 22.3 Å². The van der Waals surface area contributed by atoms with Crippen LogP contribution in [0.25, 0.3) is 22.3 Å². The van der Waals surface area contributed by atoms with Gasteiger partial charge in [0.2, 0.25) is 0 Å². The van der Waals surface area contributed by atoms with E-state index >= 15 is 0 Å². The van der Waals surface area contributed by atoms with Crippen molar-refractivity contribution in [3.05, 3.63) is 70.6 Å². The van der Waals surface area contributed by atoms with Gasteiger partial charge in [-0.25, -0.2) is 13.1 Å². The Bertz CT molecular complexity index is 1250. The molecular weight excluding hydrogens is 429 g/mol. The van der Waals surface area contributed by atoms with E-state index in [4.69, 9.17) is 0 Å². The van der Waals surface area contributed by atoms with Crippen LogP contribution in [-0.4, -0.2) is 30.6 Å². The Labute approximate surface area is 178 Å². The zero-order valence-corrected chi connectivity index (χ0v) is 17.8. The van der Waals surface area contributed by atoms with Crippen LogP contribution in [0, 0.1) is 0 Å². The monoisotopic (exact) mass is 450 g/mol. The third-order valence-corrected chi connectivity index (χ3v) is 5.90. The average molecular weight is 450 g/mol. The fraction of sp³-hybridized carbons (Fsp3) is 0.273. The molecule has 164 valence electrons. The lowest BCUT2D eigenvalue weighted by atomic mass is 9.92. The molecule has 0 aliphatic heterocycles. The summed E-state index contributed by atoms with van der Waals surface area (Å²) in [6, 6.07) is 12.9. The lowest BCUT2D eigenvalue weighted by molar-refractivity contribution is -0.143. The Kier molecular flexibility index (Phi) is 6.35. The maximum atomic E-state index is 13.1. The van der Waals surface area contributed by atoms with Gasteiger partial charge in [0.15, 0.2) is 9.84 Å². The smallest absolute Gasteiger partial charge is 0.267 e. The molecular formula is C22H21F3N2O3S. The first-order valence-electron chi connectivity index (χ1n) is 9.57. The third kappa shape index (κ3) is 5.22. The van der Waals surface area contributed by atoms with E-state index in [0.717, 1.165) is 18.2 Å². The predicted octanol–water partition coefficient (Wildman–Crippen LogP) is 4.50. The van der Waals surface area contributed by atoms with Gasteiger partial charge in [0.1, 0.15) is 6.54 Å². The highest BCUT2D eigenvalue weighted by Gasteiger charge is 2.30. The molecule has 0 saturated heterocycles. The molecule has 0 spiro atoms. The number of nitrogens with zero attached hydrogens (tertiary/aromatic N) is 2. The normalized spacial score (nSPS) is 12.2. The van der Waals surface area contributed by atoms with Crippen LogP contribution >= 0.6 is 0 Å². The second-order valence-electron chi connectivity index (χ2n) is 7.21. The van der Waals surface area contributed by atoms with Crippen molar-refractivity contribution < 1.29 is 21.6 Å². The van der Waals surface area contributed by atoms with E-state index in [-0.39, 0.29) is 10.5 Å². The molecule has 3 rings (SSSR count). The van der Waals surface area contributed by atoms with Gasteiger partial charge in [-0.2, -0.15) is 18.3 Å². The van der Waals surface area contributed by atoms with E-state index in [1.165, 1.54) is 30.5 Å². The first-order valence-corrected chi connectivity index (χ1v) is 11.5. The van der Waals surface area contributed by atoms with E-state index in [1.54, 1.807) is 12.1 Å². The minimum atomic E-state index is -4.60. The van der Waals surface area contributed by atoms with Crippen LogP contribution in [0.5, 0.6) is 0 Å². The van der Waals surface area contributed by atoms with Crippen LogP contribution in [0.1, 0.15) is 18.9 Å². The minimum Gasteiger partial charge on any atom is -0.267 e. The number of hydrogen-bond donors (Lipinski definition) is 0. The van der Waals surface area contributed by atoms with Gasteiger partial charge in [-0.1, -0.05) is 49.7 Å². The van der Waals surface area contributed by atoms with Gasteiger partial charge in [-0.3, -0.25) is 4.79 Å². The van der Waals surface area contributed by atoms with Crippen LogP contribution in [0.3, 0.4) is 0 Å². The number of halogens is 3. The van der Waals surface area contributed by atoms with Gasteiger partial charge in [0, 0.05) is 11.8 Å². The quantitative estimate of drug-likeness (QED) is 0.555. The molecule has 5 nitrogen and oxygen atoms in total. The van der Waals surface area contributed by atoms with E-state index in [9.17, 15) is 26.4 Å². The molecule has 0 amide bonds. The first-order chi connectivity index (χ1) is 14.5. The molecule has 9 heteroatoms. The number of aromatic nitrogens is 2. The van der Waals surface area contributed by atoms with Crippen molar-refractivity contribution in [2.75, 3.05) is 6.26 Å². The maximum absolute atomic E-state index is 13.1. The molecule has 0 saturated carbocycles. The number of hydrogen-bond acceptors (Lipinski definition) is 4. The van der Waals surface area contributed by atoms with Crippen LogP contribution in [0.15, 0.2) is 64.4 Å². The zero-order valence-electron chi connectivity index (χ0n) is 17.0. The van der Waals surface area contributed by atoms with E-state index in [1.807, 2.05) is 19.1 Å². The summed E-state index contributed by atoms with van der Waals surface area (Å²) in [7, 11) is -3.42. The fourth-order valence-corrected chi connectivity index (χ4v) is 4.01. The van der Waals surface area contributed by atoms with Gasteiger partial charge in [0.05, 0.1) is 16.7 Å². The molecule has 0 unspecified atom stereocenters. The lowest BCUT2D eigenvalue weighted by Crippen LogP contribution is -2.31. The summed E-state index contributed by atoms with van der Waals surface area (Å²) in [6.07, 6.45) is -0.870. The maximum Gasteiger partial charge on any atom is 0.408 e. The Morgan fingerprint density at radius 3 is 2.23 bits per heavy atom. The minimum absolute atomic E-state index is 0.0996. The molecule has 31 heavy (non-hydrogen) atoms.